The lowest BCUT2D eigenvalue weighted by Gasteiger charge is -2.02. The van der Waals surface area contributed by atoms with E-state index in [1.165, 1.54) is 17.9 Å². The Hall–Kier alpha value is -1.08. The van der Waals surface area contributed by atoms with Gasteiger partial charge in [0.25, 0.3) is 0 Å². The fourth-order valence-electron chi connectivity index (χ4n) is 0.464. The topological polar surface area (TPSA) is 37.8 Å². The molecule has 0 radical (unpaired) electrons. The molecule has 1 heterocycles. The van der Waals surface area contributed by atoms with E-state index in [0.717, 1.165) is 5.13 Å². The molecular weight excluding hydrogens is 146 g/mol. The second kappa shape index (κ2) is 3.18. The SMILES string of the molecule is C#CC(C)Nc1ncns1. The van der Waals surface area contributed by atoms with Gasteiger partial charge in [-0.05, 0) is 6.92 Å². The monoisotopic (exact) mass is 153 g/mol. The van der Waals surface area contributed by atoms with Crippen molar-refractivity contribution in [2.45, 2.75) is 13.0 Å². The highest BCUT2D eigenvalue weighted by molar-refractivity contribution is 7.09. The lowest BCUT2D eigenvalue weighted by molar-refractivity contribution is 1.03. The number of nitrogens with one attached hydrogen (secondary N) is 1. The largest absolute Gasteiger partial charge is 0.347 e. The van der Waals surface area contributed by atoms with Crippen LogP contribution in [0.5, 0.6) is 0 Å². The third-order valence-corrected chi connectivity index (χ3v) is 1.55. The smallest absolute Gasteiger partial charge is 0.203 e. The first-order valence-corrected chi connectivity index (χ1v) is 3.59. The maximum Gasteiger partial charge on any atom is 0.203 e. The van der Waals surface area contributed by atoms with E-state index >= 15 is 0 Å². The molecule has 0 aliphatic rings. The molecule has 1 rings (SSSR count). The fourth-order valence-corrected chi connectivity index (χ4v) is 0.981. The standard InChI is InChI=1S/C6H7N3S/c1-3-5(2)9-6-7-4-8-10-6/h1,4-5H,2H3,(H,7,8,9). The van der Waals surface area contributed by atoms with Gasteiger partial charge in [-0.3, -0.25) is 0 Å². The van der Waals surface area contributed by atoms with Gasteiger partial charge in [0.15, 0.2) is 0 Å². The van der Waals surface area contributed by atoms with E-state index in [9.17, 15) is 0 Å². The van der Waals surface area contributed by atoms with Crippen LogP contribution in [-0.2, 0) is 0 Å². The summed E-state index contributed by atoms with van der Waals surface area (Å²) in [5.74, 6) is 2.53. The van der Waals surface area contributed by atoms with Gasteiger partial charge in [-0.25, -0.2) is 4.98 Å². The number of hydrogen-bond acceptors (Lipinski definition) is 4. The second-order valence-corrected chi connectivity index (χ2v) is 2.56. The Labute approximate surface area is 63.7 Å². The molecule has 10 heavy (non-hydrogen) atoms. The summed E-state index contributed by atoms with van der Waals surface area (Å²) in [6.45, 7) is 1.89. The van der Waals surface area contributed by atoms with Crippen LogP contribution < -0.4 is 5.32 Å². The van der Waals surface area contributed by atoms with Gasteiger partial charge in [-0.1, -0.05) is 5.92 Å². The number of hydrogen-bond donors (Lipinski definition) is 1. The van der Waals surface area contributed by atoms with Crippen LogP contribution in [0.3, 0.4) is 0 Å². The van der Waals surface area contributed by atoms with E-state index in [1.807, 2.05) is 6.92 Å². The van der Waals surface area contributed by atoms with E-state index in [4.69, 9.17) is 6.42 Å². The van der Waals surface area contributed by atoms with Crippen molar-refractivity contribution in [2.24, 2.45) is 0 Å². The van der Waals surface area contributed by atoms with Crippen molar-refractivity contribution in [2.75, 3.05) is 5.32 Å². The van der Waals surface area contributed by atoms with Gasteiger partial charge in [0, 0.05) is 11.5 Å². The lowest BCUT2D eigenvalue weighted by Crippen LogP contribution is -2.11. The van der Waals surface area contributed by atoms with Crippen LogP contribution in [0.4, 0.5) is 5.13 Å². The average molecular weight is 153 g/mol. The minimum absolute atomic E-state index is 0.0212. The fraction of sp³-hybridized carbons (Fsp3) is 0.333. The summed E-state index contributed by atoms with van der Waals surface area (Å²) in [5.41, 5.74) is 0. The van der Waals surface area contributed by atoms with Crippen LogP contribution in [0, 0.1) is 12.3 Å². The molecule has 0 spiro atoms. The van der Waals surface area contributed by atoms with Gasteiger partial charge in [-0.2, -0.15) is 4.37 Å². The molecule has 0 bridgehead atoms. The zero-order valence-corrected chi connectivity index (χ0v) is 6.35. The third kappa shape index (κ3) is 1.71. The molecule has 1 N–H and O–H groups in total. The van der Waals surface area contributed by atoms with Crippen molar-refractivity contribution in [3.8, 4) is 12.3 Å². The van der Waals surface area contributed by atoms with Crippen molar-refractivity contribution in [1.29, 1.82) is 0 Å². The number of rotatable bonds is 2. The van der Waals surface area contributed by atoms with Crippen molar-refractivity contribution < 1.29 is 0 Å². The Morgan fingerprint density at radius 2 is 2.70 bits per heavy atom. The quantitative estimate of drug-likeness (QED) is 0.643. The zero-order valence-electron chi connectivity index (χ0n) is 5.53. The second-order valence-electron chi connectivity index (χ2n) is 1.78. The molecule has 0 aliphatic carbocycles. The van der Waals surface area contributed by atoms with Crippen molar-refractivity contribution >= 4 is 16.7 Å². The first-order chi connectivity index (χ1) is 4.83. The highest BCUT2D eigenvalue weighted by atomic mass is 32.1. The molecule has 1 unspecified atom stereocenters. The molecule has 0 aromatic carbocycles. The van der Waals surface area contributed by atoms with E-state index in [1.54, 1.807) is 0 Å². The Morgan fingerprint density at radius 3 is 3.20 bits per heavy atom. The molecule has 4 heteroatoms. The molecule has 1 atom stereocenters. The van der Waals surface area contributed by atoms with Crippen LogP contribution in [0.1, 0.15) is 6.92 Å². The van der Waals surface area contributed by atoms with Crippen LogP contribution in [0.2, 0.25) is 0 Å². The van der Waals surface area contributed by atoms with Crippen molar-refractivity contribution in [1.82, 2.24) is 9.36 Å². The predicted molar refractivity (Wildman–Crippen MR) is 41.8 cm³/mol. The van der Waals surface area contributed by atoms with Crippen molar-refractivity contribution in [3.05, 3.63) is 6.33 Å². The van der Waals surface area contributed by atoms with Gasteiger partial charge in [0.05, 0.1) is 6.04 Å². The normalized spacial score (nSPS) is 12.0. The van der Waals surface area contributed by atoms with E-state index in [2.05, 4.69) is 20.6 Å². The Bertz CT molecular complexity index is 224. The Morgan fingerprint density at radius 1 is 1.90 bits per heavy atom. The lowest BCUT2D eigenvalue weighted by atomic mass is 10.4. The van der Waals surface area contributed by atoms with Gasteiger partial charge >= 0.3 is 0 Å². The van der Waals surface area contributed by atoms with Crippen molar-refractivity contribution in [3.63, 3.8) is 0 Å². The van der Waals surface area contributed by atoms with E-state index < -0.39 is 0 Å². The van der Waals surface area contributed by atoms with Crippen LogP contribution in [0.25, 0.3) is 0 Å². The van der Waals surface area contributed by atoms with Gasteiger partial charge < -0.3 is 5.32 Å². The first-order valence-electron chi connectivity index (χ1n) is 2.82. The maximum absolute atomic E-state index is 5.13. The van der Waals surface area contributed by atoms with Gasteiger partial charge in [-0.15, -0.1) is 6.42 Å². The molecular formula is C6H7N3S. The predicted octanol–water partition coefficient (Wildman–Crippen LogP) is 0.972. The highest BCUT2D eigenvalue weighted by Crippen LogP contribution is 2.07. The minimum Gasteiger partial charge on any atom is -0.347 e. The molecule has 1 aromatic heterocycles. The number of nitrogens with zero attached hydrogens (tertiary/aromatic N) is 2. The molecule has 0 saturated carbocycles. The molecule has 0 amide bonds. The molecule has 0 saturated heterocycles. The summed E-state index contributed by atoms with van der Waals surface area (Å²) in [4.78, 5) is 3.90. The number of terminal acetylenes is 1. The summed E-state index contributed by atoms with van der Waals surface area (Å²) in [5, 5.41) is 3.75. The Kier molecular flexibility index (Phi) is 2.24. The Balaban J connectivity index is 2.50. The van der Waals surface area contributed by atoms with E-state index in [-0.39, 0.29) is 6.04 Å². The maximum atomic E-state index is 5.13. The third-order valence-electron chi connectivity index (χ3n) is 0.951. The molecule has 0 aliphatic heterocycles. The van der Waals surface area contributed by atoms with Crippen LogP contribution in [0.15, 0.2) is 6.33 Å². The molecule has 1 aromatic rings. The summed E-state index contributed by atoms with van der Waals surface area (Å²) < 4.78 is 3.81. The molecule has 0 fully saturated rings. The summed E-state index contributed by atoms with van der Waals surface area (Å²) in [7, 11) is 0. The zero-order chi connectivity index (χ0) is 7.40. The van der Waals surface area contributed by atoms with Crippen LogP contribution >= 0.6 is 11.5 Å². The van der Waals surface area contributed by atoms with E-state index in [0.29, 0.717) is 0 Å². The van der Waals surface area contributed by atoms with Crippen LogP contribution in [-0.4, -0.2) is 15.4 Å². The summed E-state index contributed by atoms with van der Waals surface area (Å²) in [6, 6.07) is 0.0212. The average Bonchev–Trinajstić information content (AvgIpc) is 2.40. The number of aromatic nitrogens is 2. The van der Waals surface area contributed by atoms with Gasteiger partial charge in [0.2, 0.25) is 5.13 Å². The van der Waals surface area contributed by atoms with Gasteiger partial charge in [0.1, 0.15) is 6.33 Å². The summed E-state index contributed by atoms with van der Waals surface area (Å²) >= 11 is 1.30. The highest BCUT2D eigenvalue weighted by Gasteiger charge is 1.97. The molecule has 52 valence electrons. The first kappa shape index (κ1) is 7.03. The summed E-state index contributed by atoms with van der Waals surface area (Å²) in [6.07, 6.45) is 6.63. The molecule has 3 nitrogen and oxygen atoms in total. The minimum atomic E-state index is 0.0212. The number of anilines is 1.